The highest BCUT2D eigenvalue weighted by molar-refractivity contribution is 5.08. The molecule has 0 saturated heterocycles. The molecule has 0 aromatic rings. The van der Waals surface area contributed by atoms with E-state index in [-0.39, 0.29) is 0 Å². The van der Waals surface area contributed by atoms with Gasteiger partial charge in [0, 0.05) is 0 Å². The monoisotopic (exact) mass is 258 g/mol. The minimum absolute atomic E-state index is 0.653. The van der Waals surface area contributed by atoms with Gasteiger partial charge < -0.3 is 0 Å². The lowest BCUT2D eigenvalue weighted by molar-refractivity contribution is 0.572. The quantitative estimate of drug-likeness (QED) is 0.479. The first-order chi connectivity index (χ1) is 9.09. The Kier molecular flexibility index (Phi) is 7.55. The second-order valence-corrected chi connectivity index (χ2v) is 6.01. The van der Waals surface area contributed by atoms with E-state index >= 15 is 0 Å². The molecule has 0 amide bonds. The molecule has 0 N–H and O–H groups in total. The van der Waals surface area contributed by atoms with Crippen LogP contribution in [0, 0.1) is 5.92 Å². The Labute approximate surface area is 120 Å². The molecular formula is C19H30. The van der Waals surface area contributed by atoms with Gasteiger partial charge in [0.05, 0.1) is 0 Å². The third-order valence-corrected chi connectivity index (χ3v) is 4.03. The van der Waals surface area contributed by atoms with Crippen LogP contribution in [0.2, 0.25) is 0 Å². The van der Waals surface area contributed by atoms with Gasteiger partial charge in [-0.2, -0.15) is 0 Å². The van der Waals surface area contributed by atoms with E-state index in [2.05, 4.69) is 51.7 Å². The van der Waals surface area contributed by atoms with Crippen molar-refractivity contribution in [3.63, 3.8) is 0 Å². The molecule has 106 valence electrons. The molecule has 0 heteroatoms. The summed E-state index contributed by atoms with van der Waals surface area (Å²) in [5.74, 6) is 0.653. The van der Waals surface area contributed by atoms with Crippen molar-refractivity contribution in [2.24, 2.45) is 5.92 Å². The second kappa shape index (κ2) is 8.96. The standard InChI is InChI=1S/C19H30/c1-16(2)19-13-8-6-5-7-10-17(3)11-9-12-18(4)14-15-19/h5-6,11,14,19H,1,7-10,12-13,15H2,2-4H3/b6-5+,17-11+,18-14+. The lowest BCUT2D eigenvalue weighted by Crippen LogP contribution is -2.00. The van der Waals surface area contributed by atoms with Crippen molar-refractivity contribution in [1.29, 1.82) is 0 Å². The topological polar surface area (TPSA) is 0 Å². The van der Waals surface area contributed by atoms with Crippen LogP contribution >= 0.6 is 0 Å². The van der Waals surface area contributed by atoms with Gasteiger partial charge in [-0.1, -0.05) is 47.6 Å². The summed E-state index contributed by atoms with van der Waals surface area (Å²) in [5, 5.41) is 0. The molecule has 1 aliphatic rings. The Balaban J connectivity index is 2.68. The third-order valence-electron chi connectivity index (χ3n) is 4.03. The molecule has 0 aromatic heterocycles. The lowest BCUT2D eigenvalue weighted by atomic mass is 9.91. The van der Waals surface area contributed by atoms with E-state index in [4.69, 9.17) is 0 Å². The lowest BCUT2D eigenvalue weighted by Gasteiger charge is -2.15. The largest absolute Gasteiger partial charge is 0.0998 e. The van der Waals surface area contributed by atoms with Crippen molar-refractivity contribution in [3.05, 3.63) is 47.6 Å². The van der Waals surface area contributed by atoms with Gasteiger partial charge >= 0.3 is 0 Å². The molecular weight excluding hydrogens is 228 g/mol. The second-order valence-electron chi connectivity index (χ2n) is 6.01. The van der Waals surface area contributed by atoms with E-state index in [1.54, 1.807) is 0 Å². The summed E-state index contributed by atoms with van der Waals surface area (Å²) in [7, 11) is 0. The zero-order chi connectivity index (χ0) is 14.1. The Morgan fingerprint density at radius 1 is 1.00 bits per heavy atom. The summed E-state index contributed by atoms with van der Waals surface area (Å²) in [6.07, 6.45) is 17.9. The smallest absolute Gasteiger partial charge is 0.0171 e. The van der Waals surface area contributed by atoms with Crippen LogP contribution in [0.25, 0.3) is 0 Å². The number of rotatable bonds is 1. The van der Waals surface area contributed by atoms with E-state index in [0.717, 1.165) is 6.42 Å². The van der Waals surface area contributed by atoms with Crippen molar-refractivity contribution in [1.82, 2.24) is 0 Å². The fourth-order valence-corrected chi connectivity index (χ4v) is 2.50. The Hall–Kier alpha value is -1.04. The predicted molar refractivity (Wildman–Crippen MR) is 87.3 cm³/mol. The highest BCUT2D eigenvalue weighted by atomic mass is 14.1. The summed E-state index contributed by atoms with van der Waals surface area (Å²) in [6, 6.07) is 0. The van der Waals surface area contributed by atoms with Gasteiger partial charge in [0.15, 0.2) is 0 Å². The minimum atomic E-state index is 0.653. The van der Waals surface area contributed by atoms with Crippen molar-refractivity contribution in [2.75, 3.05) is 0 Å². The van der Waals surface area contributed by atoms with Gasteiger partial charge in [-0.25, -0.2) is 0 Å². The fourth-order valence-electron chi connectivity index (χ4n) is 2.50. The molecule has 19 heavy (non-hydrogen) atoms. The maximum Gasteiger partial charge on any atom is -0.0171 e. The molecule has 0 heterocycles. The van der Waals surface area contributed by atoms with Crippen LogP contribution in [0.4, 0.5) is 0 Å². The van der Waals surface area contributed by atoms with Gasteiger partial charge in [0.1, 0.15) is 0 Å². The Bertz CT molecular complexity index is 365. The molecule has 0 aliphatic heterocycles. The third kappa shape index (κ3) is 7.20. The van der Waals surface area contributed by atoms with E-state index in [1.807, 2.05) is 0 Å². The zero-order valence-corrected chi connectivity index (χ0v) is 13.0. The predicted octanol–water partition coefficient (Wildman–Crippen LogP) is 6.37. The first-order valence-electron chi connectivity index (χ1n) is 7.71. The maximum atomic E-state index is 4.15. The molecule has 0 spiro atoms. The summed E-state index contributed by atoms with van der Waals surface area (Å²) in [4.78, 5) is 0. The molecule has 0 radical (unpaired) electrons. The van der Waals surface area contributed by atoms with Gasteiger partial charge in [-0.15, -0.1) is 0 Å². The van der Waals surface area contributed by atoms with Crippen molar-refractivity contribution < 1.29 is 0 Å². The van der Waals surface area contributed by atoms with Crippen LogP contribution < -0.4 is 0 Å². The van der Waals surface area contributed by atoms with Gasteiger partial charge in [-0.3, -0.25) is 0 Å². The zero-order valence-electron chi connectivity index (χ0n) is 13.0. The summed E-state index contributed by atoms with van der Waals surface area (Å²) in [5.41, 5.74) is 4.40. The van der Waals surface area contributed by atoms with E-state index < -0.39 is 0 Å². The molecule has 0 bridgehead atoms. The Morgan fingerprint density at radius 2 is 1.63 bits per heavy atom. The van der Waals surface area contributed by atoms with Crippen molar-refractivity contribution >= 4 is 0 Å². The maximum absolute atomic E-state index is 4.15. The van der Waals surface area contributed by atoms with Crippen LogP contribution in [-0.4, -0.2) is 0 Å². The molecule has 0 nitrogen and oxygen atoms in total. The summed E-state index contributed by atoms with van der Waals surface area (Å²) in [6.45, 7) is 10.9. The van der Waals surface area contributed by atoms with E-state index in [1.165, 1.54) is 55.2 Å². The van der Waals surface area contributed by atoms with Crippen LogP contribution in [0.15, 0.2) is 47.6 Å². The van der Waals surface area contributed by atoms with Gasteiger partial charge in [-0.05, 0) is 71.6 Å². The highest BCUT2D eigenvalue weighted by Gasteiger charge is 2.07. The normalized spacial score (nSPS) is 30.4. The van der Waals surface area contributed by atoms with Crippen LogP contribution in [0.3, 0.4) is 0 Å². The number of hydrogen-bond acceptors (Lipinski definition) is 0. The first-order valence-corrected chi connectivity index (χ1v) is 7.71. The molecule has 1 unspecified atom stereocenters. The minimum Gasteiger partial charge on any atom is -0.0998 e. The van der Waals surface area contributed by atoms with Crippen LogP contribution in [-0.2, 0) is 0 Å². The van der Waals surface area contributed by atoms with E-state index in [9.17, 15) is 0 Å². The molecule has 0 saturated carbocycles. The fraction of sp³-hybridized carbons (Fsp3) is 0.579. The van der Waals surface area contributed by atoms with Crippen molar-refractivity contribution in [2.45, 2.75) is 65.7 Å². The van der Waals surface area contributed by atoms with Gasteiger partial charge in [0.2, 0.25) is 0 Å². The van der Waals surface area contributed by atoms with Crippen LogP contribution in [0.5, 0.6) is 0 Å². The Morgan fingerprint density at radius 3 is 2.37 bits per heavy atom. The summed E-state index contributed by atoms with van der Waals surface area (Å²) < 4.78 is 0. The number of allylic oxidation sites excluding steroid dienone is 7. The highest BCUT2D eigenvalue weighted by Crippen LogP contribution is 2.22. The average molecular weight is 258 g/mol. The van der Waals surface area contributed by atoms with Crippen molar-refractivity contribution in [3.8, 4) is 0 Å². The molecule has 1 atom stereocenters. The first kappa shape index (κ1) is 16.0. The molecule has 1 aliphatic carbocycles. The summed E-state index contributed by atoms with van der Waals surface area (Å²) >= 11 is 0. The molecule has 1 rings (SSSR count). The van der Waals surface area contributed by atoms with Gasteiger partial charge in [0.25, 0.3) is 0 Å². The average Bonchev–Trinajstić information content (AvgIpc) is 2.35. The van der Waals surface area contributed by atoms with E-state index in [0.29, 0.717) is 5.92 Å². The molecule has 0 aromatic carbocycles. The SMILES string of the molecule is C=C(C)C1C/C=C(\C)CC/C=C(\C)CC/C=C/CC1. The number of hydrogen-bond donors (Lipinski definition) is 0. The molecule has 0 fully saturated rings. The van der Waals surface area contributed by atoms with Crippen LogP contribution in [0.1, 0.15) is 65.7 Å².